The van der Waals surface area contributed by atoms with Crippen LogP contribution in [0.5, 0.6) is 0 Å². The second-order valence-corrected chi connectivity index (χ2v) is 12.2. The van der Waals surface area contributed by atoms with Crippen molar-refractivity contribution < 1.29 is 52.2 Å². The Morgan fingerprint density at radius 1 is 1.16 bits per heavy atom. The third-order valence-electron chi connectivity index (χ3n) is 4.02. The third-order valence-corrected chi connectivity index (χ3v) is 9.37. The highest BCUT2D eigenvalue weighted by Gasteiger charge is 2.45. The Kier molecular flexibility index (Phi) is 6.79. The first kappa shape index (κ1) is 24.4. The highest BCUT2D eigenvalue weighted by Crippen LogP contribution is 2.64. The molecule has 6 atom stereocenters. The van der Waals surface area contributed by atoms with Crippen molar-refractivity contribution in [3.63, 3.8) is 0 Å². The van der Waals surface area contributed by atoms with Gasteiger partial charge in [0.15, 0.2) is 23.6 Å². The Balaban J connectivity index is 1.69. The number of hydrogen-bond donors (Lipinski definition) is 6. The van der Waals surface area contributed by atoms with Gasteiger partial charge >= 0.3 is 15.2 Å². The Morgan fingerprint density at radius 2 is 1.84 bits per heavy atom. The van der Waals surface area contributed by atoms with Crippen molar-refractivity contribution in [2.45, 2.75) is 24.5 Å². The SMILES string of the molecule is [B]P(=O)(OCC1OC(n2cnc3c(N)ncnc32)C(O)C1O)OP(=O)(O)CP(=O)(O)O. The average Bonchev–Trinajstić information content (AvgIpc) is 3.13. The van der Waals surface area contributed by atoms with Gasteiger partial charge in [-0.25, -0.2) is 19.3 Å². The van der Waals surface area contributed by atoms with E-state index in [0.717, 1.165) is 6.33 Å². The van der Waals surface area contributed by atoms with Crippen molar-refractivity contribution in [1.82, 2.24) is 19.5 Å². The van der Waals surface area contributed by atoms with Gasteiger partial charge in [-0.2, -0.15) is 0 Å². The average molecular weight is 499 g/mol. The van der Waals surface area contributed by atoms with Crippen LogP contribution in [-0.4, -0.2) is 82.8 Å². The van der Waals surface area contributed by atoms with Crippen LogP contribution in [0.4, 0.5) is 5.82 Å². The molecule has 6 unspecified atom stereocenters. The molecule has 0 saturated carbocycles. The number of fused-ring (bicyclic) bond motifs is 1. The molecule has 2 aromatic heterocycles. The summed E-state index contributed by atoms with van der Waals surface area (Å²) in [7, 11) is -9.69. The molecule has 1 saturated heterocycles. The molecule has 20 heteroatoms. The number of aliphatic hydroxyl groups excluding tert-OH is 2. The van der Waals surface area contributed by atoms with Crippen LogP contribution in [0.2, 0.25) is 0 Å². The van der Waals surface area contributed by atoms with Gasteiger partial charge in [0.25, 0.3) is 7.47 Å². The molecule has 0 aromatic carbocycles. The Hall–Kier alpha value is -1.22. The fourth-order valence-corrected chi connectivity index (χ4v) is 7.29. The summed E-state index contributed by atoms with van der Waals surface area (Å²) in [4.78, 5) is 38.7. The first-order valence-corrected chi connectivity index (χ1v) is 13.4. The number of nitrogen functional groups attached to an aromatic ring is 1. The lowest BCUT2D eigenvalue weighted by atomic mass is 10.1. The number of nitrogens with two attached hydrogens (primary N) is 1. The molecule has 1 fully saturated rings. The van der Waals surface area contributed by atoms with Gasteiger partial charge < -0.3 is 39.9 Å². The molecule has 2 radical (unpaired) electrons. The number of anilines is 1. The molecule has 3 rings (SSSR count). The zero-order valence-electron chi connectivity index (χ0n) is 15.3. The number of rotatable bonds is 8. The van der Waals surface area contributed by atoms with Crippen LogP contribution in [-0.2, 0) is 27.3 Å². The minimum absolute atomic E-state index is 0.0710. The Labute approximate surface area is 175 Å². The van der Waals surface area contributed by atoms with E-state index >= 15 is 0 Å². The van der Waals surface area contributed by atoms with E-state index in [4.69, 9.17) is 32.3 Å². The minimum Gasteiger partial charge on any atom is -0.387 e. The van der Waals surface area contributed by atoms with Crippen molar-refractivity contribution in [3.8, 4) is 0 Å². The van der Waals surface area contributed by atoms with Gasteiger partial charge in [0.05, 0.1) is 12.9 Å². The Bertz CT molecular complexity index is 1110. The summed E-state index contributed by atoms with van der Waals surface area (Å²) in [6.07, 6.45) is -3.28. The number of aliphatic hydroxyl groups is 2. The summed E-state index contributed by atoms with van der Waals surface area (Å²) in [5.41, 5.74) is 6.10. The van der Waals surface area contributed by atoms with E-state index in [1.54, 1.807) is 0 Å². The van der Waals surface area contributed by atoms with Crippen molar-refractivity contribution >= 4 is 47.2 Å². The maximum absolute atomic E-state index is 12.1. The monoisotopic (exact) mass is 499 g/mol. The molecule has 7 N–H and O–H groups in total. The molecule has 1 aliphatic heterocycles. The predicted molar refractivity (Wildman–Crippen MR) is 103 cm³/mol. The highest BCUT2D eigenvalue weighted by molar-refractivity contribution is 7.85. The standard InChI is InChI=1S/C11H17BN5O11P3/c12-31(25,28-30(23,24)4-29(20,21)22)26-1-5-7(18)8(19)11(27-5)17-3-16-6-9(13)14-2-15-10(6)17/h2-3,5,7-8,11,18-19H,1,4H2,(H,23,24)(H2,13,14,15)(H2,20,21,22). The van der Waals surface area contributed by atoms with Gasteiger partial charge in [-0.3, -0.25) is 18.3 Å². The van der Waals surface area contributed by atoms with E-state index < -0.39 is 59.7 Å². The lowest BCUT2D eigenvalue weighted by Gasteiger charge is -2.21. The van der Waals surface area contributed by atoms with Crippen molar-refractivity contribution in [2.75, 3.05) is 18.2 Å². The van der Waals surface area contributed by atoms with Crippen LogP contribution < -0.4 is 5.73 Å². The largest absolute Gasteiger partial charge is 0.387 e. The van der Waals surface area contributed by atoms with Crippen molar-refractivity contribution in [2.24, 2.45) is 0 Å². The van der Waals surface area contributed by atoms with Crippen LogP contribution in [0, 0.1) is 0 Å². The van der Waals surface area contributed by atoms with Crippen LogP contribution in [0.15, 0.2) is 12.7 Å². The first-order valence-electron chi connectivity index (χ1n) is 8.24. The zero-order chi connectivity index (χ0) is 23.2. The molecule has 1 aliphatic rings. The lowest BCUT2D eigenvalue weighted by molar-refractivity contribution is -0.0478. The maximum atomic E-state index is 12.1. The molecule has 3 heterocycles. The topological polar surface area (TPSA) is 250 Å². The molecular weight excluding hydrogens is 482 g/mol. The van der Waals surface area contributed by atoms with Crippen LogP contribution >= 0.6 is 22.7 Å². The molecule has 16 nitrogen and oxygen atoms in total. The highest BCUT2D eigenvalue weighted by atomic mass is 31.3. The van der Waals surface area contributed by atoms with Gasteiger partial charge in [-0.1, -0.05) is 0 Å². The van der Waals surface area contributed by atoms with Crippen LogP contribution in [0.25, 0.3) is 11.2 Å². The molecule has 2 aromatic rings. The number of ether oxygens (including phenoxy) is 1. The third kappa shape index (κ3) is 5.78. The molecule has 0 spiro atoms. The molecule has 0 aliphatic carbocycles. The van der Waals surface area contributed by atoms with E-state index in [2.05, 4.69) is 19.3 Å². The van der Waals surface area contributed by atoms with Gasteiger partial charge in [0, 0.05) is 0 Å². The van der Waals surface area contributed by atoms with E-state index in [1.165, 1.54) is 10.9 Å². The molecule has 31 heavy (non-hydrogen) atoms. The first-order chi connectivity index (χ1) is 14.2. The number of aromatic nitrogens is 4. The van der Waals surface area contributed by atoms with Gasteiger partial charge in [0.2, 0.25) is 7.57 Å². The van der Waals surface area contributed by atoms with E-state index in [-0.39, 0.29) is 17.0 Å². The molecule has 0 amide bonds. The summed E-state index contributed by atoms with van der Waals surface area (Å²) in [6.45, 7) is -0.776. The van der Waals surface area contributed by atoms with E-state index in [0.29, 0.717) is 0 Å². The lowest BCUT2D eigenvalue weighted by Crippen LogP contribution is -2.33. The summed E-state index contributed by atoms with van der Waals surface area (Å²) in [5.74, 6) is -1.56. The van der Waals surface area contributed by atoms with Crippen LogP contribution in [0.1, 0.15) is 6.23 Å². The van der Waals surface area contributed by atoms with Crippen molar-refractivity contribution in [1.29, 1.82) is 0 Å². The van der Waals surface area contributed by atoms with Gasteiger partial charge in [0.1, 0.15) is 30.2 Å². The smallest absolute Gasteiger partial charge is 0.346 e. The van der Waals surface area contributed by atoms with E-state index in [1.807, 2.05) is 0 Å². The maximum Gasteiger partial charge on any atom is 0.346 e. The minimum atomic E-state index is -5.08. The molecule has 0 bridgehead atoms. The molecular formula is C11H17BN5O11P3. The molecule has 170 valence electrons. The fourth-order valence-electron chi connectivity index (χ4n) is 2.79. The summed E-state index contributed by atoms with van der Waals surface area (Å²) >= 11 is 0. The van der Waals surface area contributed by atoms with E-state index in [9.17, 15) is 28.8 Å². The Morgan fingerprint density at radius 3 is 2.48 bits per heavy atom. The second kappa shape index (κ2) is 8.62. The summed E-state index contributed by atoms with van der Waals surface area (Å²) in [6, 6.07) is 0. The van der Waals surface area contributed by atoms with Crippen molar-refractivity contribution in [3.05, 3.63) is 12.7 Å². The summed E-state index contributed by atoms with van der Waals surface area (Å²) in [5, 5.41) is 20.5. The van der Waals surface area contributed by atoms with Gasteiger partial charge in [-0.05, 0) is 0 Å². The predicted octanol–water partition coefficient (Wildman–Crippen LogP) is -1.34. The normalized spacial score (nSPS) is 28.4. The number of imidazole rings is 1. The number of nitrogens with zero attached hydrogens (tertiary/aromatic N) is 4. The fraction of sp³-hybridized carbons (Fsp3) is 0.545. The summed E-state index contributed by atoms with van der Waals surface area (Å²) < 4.78 is 50.3. The number of hydrogen-bond acceptors (Lipinski definition) is 12. The second-order valence-electron chi connectivity index (χ2n) is 6.49. The van der Waals surface area contributed by atoms with Crippen LogP contribution in [0.3, 0.4) is 0 Å². The quantitative estimate of drug-likeness (QED) is 0.182. The van der Waals surface area contributed by atoms with Gasteiger partial charge in [-0.15, -0.1) is 0 Å². The zero-order valence-corrected chi connectivity index (χ0v) is 18.0.